The second kappa shape index (κ2) is 10.6. The lowest BCUT2D eigenvalue weighted by Crippen LogP contribution is -2.51. The lowest BCUT2D eigenvalue weighted by Gasteiger charge is -2.38. The van der Waals surface area contributed by atoms with Crippen LogP contribution in [0.1, 0.15) is 29.1 Å². The van der Waals surface area contributed by atoms with Gasteiger partial charge in [0.15, 0.2) is 5.76 Å². The number of benzene rings is 1. The topological polar surface area (TPSA) is 79.1 Å². The average molecular weight is 495 g/mol. The number of amides is 2. The number of hydrogen-bond donors (Lipinski definition) is 0. The van der Waals surface area contributed by atoms with Gasteiger partial charge < -0.3 is 19.0 Å². The van der Waals surface area contributed by atoms with Crippen molar-refractivity contribution in [3.63, 3.8) is 0 Å². The van der Waals surface area contributed by atoms with Gasteiger partial charge in [-0.25, -0.2) is 4.98 Å². The fourth-order valence-electron chi connectivity index (χ4n) is 4.75. The molecule has 5 rings (SSSR count). The Kier molecular flexibility index (Phi) is 7.15. The van der Waals surface area contributed by atoms with E-state index in [2.05, 4.69) is 10.3 Å². The molecule has 8 nitrogen and oxygen atoms in total. The molecular weight excluding hydrogens is 464 g/mol. The summed E-state index contributed by atoms with van der Waals surface area (Å²) in [5.74, 6) is 1.33. The molecule has 0 saturated carbocycles. The summed E-state index contributed by atoms with van der Waals surface area (Å²) in [6.45, 7) is 5.14. The minimum absolute atomic E-state index is 0.00667. The average Bonchev–Trinajstić information content (AvgIpc) is 3.61. The minimum Gasteiger partial charge on any atom is -0.497 e. The summed E-state index contributed by atoms with van der Waals surface area (Å²) in [5, 5.41) is 3.13. The van der Waals surface area contributed by atoms with E-state index in [-0.39, 0.29) is 17.7 Å². The fraction of sp³-hybridized carbons (Fsp3) is 0.423. The highest BCUT2D eigenvalue weighted by molar-refractivity contribution is 7.13. The van der Waals surface area contributed by atoms with Crippen LogP contribution in [0.25, 0.3) is 10.6 Å². The van der Waals surface area contributed by atoms with Crippen LogP contribution in [0.4, 0.5) is 0 Å². The summed E-state index contributed by atoms with van der Waals surface area (Å²) in [7, 11) is 1.67. The molecule has 2 fully saturated rings. The monoisotopic (exact) mass is 494 g/mol. The smallest absolute Gasteiger partial charge is 0.289 e. The molecule has 4 heterocycles. The highest BCUT2D eigenvalue weighted by atomic mass is 32.1. The van der Waals surface area contributed by atoms with Crippen LogP contribution in [-0.2, 0) is 11.3 Å². The molecule has 0 unspecified atom stereocenters. The molecule has 2 aromatic heterocycles. The van der Waals surface area contributed by atoms with Gasteiger partial charge in [0, 0.05) is 62.7 Å². The van der Waals surface area contributed by atoms with Gasteiger partial charge in [0.2, 0.25) is 5.91 Å². The van der Waals surface area contributed by atoms with Gasteiger partial charge in [-0.1, -0.05) is 0 Å². The Bertz CT molecular complexity index is 1130. The molecule has 0 N–H and O–H groups in total. The summed E-state index contributed by atoms with van der Waals surface area (Å²) < 4.78 is 10.5. The number of furan rings is 1. The minimum atomic E-state index is -0.0910. The summed E-state index contributed by atoms with van der Waals surface area (Å²) in [4.78, 5) is 36.5. The fourth-order valence-corrected chi connectivity index (χ4v) is 5.56. The Balaban J connectivity index is 1.08. The number of likely N-dealkylation sites (tertiary alicyclic amines) is 1. The highest BCUT2D eigenvalue weighted by Crippen LogP contribution is 2.27. The normalized spacial score (nSPS) is 17.5. The van der Waals surface area contributed by atoms with E-state index in [1.165, 1.54) is 6.26 Å². The van der Waals surface area contributed by atoms with Crippen LogP contribution < -0.4 is 4.74 Å². The number of methoxy groups -OCH3 is 1. The molecule has 2 saturated heterocycles. The highest BCUT2D eigenvalue weighted by Gasteiger charge is 2.32. The van der Waals surface area contributed by atoms with Crippen LogP contribution in [0.2, 0.25) is 0 Å². The van der Waals surface area contributed by atoms with E-state index in [1.807, 2.05) is 29.2 Å². The van der Waals surface area contributed by atoms with Gasteiger partial charge in [-0.3, -0.25) is 14.5 Å². The van der Waals surface area contributed by atoms with Gasteiger partial charge in [-0.15, -0.1) is 11.3 Å². The number of carbonyl (C=O) groups is 2. The molecule has 0 spiro atoms. The van der Waals surface area contributed by atoms with Gasteiger partial charge in [-0.05, 0) is 49.2 Å². The molecule has 2 aliphatic rings. The Morgan fingerprint density at radius 3 is 2.43 bits per heavy atom. The van der Waals surface area contributed by atoms with Crippen LogP contribution in [0.15, 0.2) is 52.5 Å². The van der Waals surface area contributed by atoms with Gasteiger partial charge in [0.1, 0.15) is 10.8 Å². The van der Waals surface area contributed by atoms with E-state index in [0.717, 1.165) is 54.7 Å². The van der Waals surface area contributed by atoms with Crippen LogP contribution in [-0.4, -0.2) is 77.9 Å². The maximum Gasteiger partial charge on any atom is 0.289 e. The number of nitrogens with zero attached hydrogens (tertiary/aromatic N) is 4. The van der Waals surface area contributed by atoms with Crippen molar-refractivity contribution in [2.45, 2.75) is 19.4 Å². The first-order chi connectivity index (χ1) is 17.1. The largest absolute Gasteiger partial charge is 0.497 e. The third kappa shape index (κ3) is 5.41. The second-order valence-corrected chi connectivity index (χ2v) is 9.88. The van der Waals surface area contributed by atoms with Crippen molar-refractivity contribution >= 4 is 23.2 Å². The van der Waals surface area contributed by atoms with Crippen LogP contribution >= 0.6 is 11.3 Å². The van der Waals surface area contributed by atoms with E-state index >= 15 is 0 Å². The number of piperazine rings is 1. The summed E-state index contributed by atoms with van der Waals surface area (Å²) in [5.41, 5.74) is 2.16. The van der Waals surface area contributed by atoms with Crippen molar-refractivity contribution in [2.75, 3.05) is 46.4 Å². The molecule has 0 radical (unpaired) electrons. The Morgan fingerprint density at radius 1 is 1.03 bits per heavy atom. The first kappa shape index (κ1) is 23.6. The summed E-state index contributed by atoms with van der Waals surface area (Å²) >= 11 is 1.65. The first-order valence-corrected chi connectivity index (χ1v) is 12.9. The molecule has 1 aromatic carbocycles. The molecule has 184 valence electrons. The van der Waals surface area contributed by atoms with E-state index in [9.17, 15) is 9.59 Å². The van der Waals surface area contributed by atoms with E-state index in [1.54, 1.807) is 35.5 Å². The van der Waals surface area contributed by atoms with Crippen LogP contribution in [0.3, 0.4) is 0 Å². The van der Waals surface area contributed by atoms with Crippen LogP contribution in [0, 0.1) is 5.92 Å². The summed E-state index contributed by atoms with van der Waals surface area (Å²) in [6.07, 6.45) is 2.92. The number of carbonyl (C=O) groups excluding carboxylic acids is 2. The third-order valence-electron chi connectivity index (χ3n) is 6.82. The van der Waals surface area contributed by atoms with Crippen molar-refractivity contribution in [3.05, 3.63) is 59.5 Å². The Hall–Kier alpha value is -3.17. The summed E-state index contributed by atoms with van der Waals surface area (Å²) in [6, 6.07) is 11.4. The number of ether oxygens (including phenoxy) is 1. The first-order valence-electron chi connectivity index (χ1n) is 12.0. The molecule has 3 aromatic rings. The van der Waals surface area contributed by atoms with Gasteiger partial charge in [-0.2, -0.15) is 0 Å². The zero-order valence-corrected chi connectivity index (χ0v) is 20.7. The quantitative estimate of drug-likeness (QED) is 0.521. The SMILES string of the molecule is COc1ccc(-c2nc(CN3CCN(C(=O)C4CCN(C(=O)c5ccco5)CC4)CC3)cs2)cc1. The van der Waals surface area contributed by atoms with E-state index < -0.39 is 0 Å². The predicted molar refractivity (Wildman–Crippen MR) is 133 cm³/mol. The molecule has 0 atom stereocenters. The number of hydrogen-bond acceptors (Lipinski definition) is 7. The lowest BCUT2D eigenvalue weighted by atomic mass is 9.94. The number of aromatic nitrogens is 1. The standard InChI is InChI=1S/C26H30N4O4S/c1-33-22-6-4-19(5-7-22)24-27-21(18-35-24)17-28-12-14-30(15-13-28)25(31)20-8-10-29(11-9-20)26(32)23-3-2-16-34-23/h2-7,16,18,20H,8-15,17H2,1H3. The number of thiazole rings is 1. The van der Waals surface area contributed by atoms with Gasteiger partial charge >= 0.3 is 0 Å². The predicted octanol–water partition coefficient (Wildman–Crippen LogP) is 3.61. The van der Waals surface area contributed by atoms with Gasteiger partial charge in [0.05, 0.1) is 19.1 Å². The third-order valence-corrected chi connectivity index (χ3v) is 7.76. The molecule has 2 aliphatic heterocycles. The van der Waals surface area contributed by atoms with Gasteiger partial charge in [0.25, 0.3) is 5.91 Å². The molecule has 0 aliphatic carbocycles. The van der Waals surface area contributed by atoms with Crippen molar-refractivity contribution in [2.24, 2.45) is 5.92 Å². The maximum absolute atomic E-state index is 13.1. The molecule has 35 heavy (non-hydrogen) atoms. The van der Waals surface area contributed by atoms with Crippen molar-refractivity contribution in [3.8, 4) is 16.3 Å². The second-order valence-electron chi connectivity index (χ2n) is 9.02. The number of rotatable bonds is 6. The van der Waals surface area contributed by atoms with Crippen molar-refractivity contribution in [1.29, 1.82) is 0 Å². The van der Waals surface area contributed by atoms with Crippen molar-refractivity contribution in [1.82, 2.24) is 19.7 Å². The molecule has 9 heteroatoms. The lowest BCUT2D eigenvalue weighted by molar-refractivity contribution is -0.138. The Morgan fingerprint density at radius 2 is 1.77 bits per heavy atom. The van der Waals surface area contributed by atoms with E-state index in [4.69, 9.17) is 14.1 Å². The molecule has 0 bridgehead atoms. The van der Waals surface area contributed by atoms with Crippen molar-refractivity contribution < 1.29 is 18.7 Å². The number of piperidine rings is 1. The zero-order valence-electron chi connectivity index (χ0n) is 19.9. The Labute approximate surface area is 209 Å². The van der Waals surface area contributed by atoms with Crippen LogP contribution in [0.5, 0.6) is 5.75 Å². The van der Waals surface area contributed by atoms with E-state index in [0.29, 0.717) is 31.7 Å². The zero-order chi connectivity index (χ0) is 24.2. The molecular formula is C26H30N4O4S. The maximum atomic E-state index is 13.1. The molecule has 2 amide bonds.